The third-order valence-corrected chi connectivity index (χ3v) is 12.0. The van der Waals surface area contributed by atoms with Crippen LogP contribution in [-0.2, 0) is 4.79 Å². The zero-order chi connectivity index (χ0) is 33.2. The smallest absolute Gasteiger partial charge is 0.319 e. The van der Waals surface area contributed by atoms with E-state index in [1.807, 2.05) is 0 Å². The molecule has 2 aromatic carbocycles. The Labute approximate surface area is 285 Å². The molecule has 0 spiro atoms. The second-order valence-electron chi connectivity index (χ2n) is 13.1. The zero-order valence-corrected chi connectivity index (χ0v) is 27.8. The highest BCUT2D eigenvalue weighted by Gasteiger charge is 2.45. The van der Waals surface area contributed by atoms with E-state index in [9.17, 15) is 10.1 Å². The topological polar surface area (TPSA) is 121 Å². The molecule has 48 heavy (non-hydrogen) atoms. The largest absolute Gasteiger partial charge is 0.489 e. The number of hydrogen-bond acceptors (Lipinski definition) is 10. The molecular weight excluding hydrogens is 660 g/mol. The number of likely N-dealkylation sites (tertiary alicyclic amines) is 1. The summed E-state index contributed by atoms with van der Waals surface area (Å²) in [6.45, 7) is 4.38. The van der Waals surface area contributed by atoms with Crippen molar-refractivity contribution in [1.29, 1.82) is 5.26 Å². The molecule has 6 heterocycles. The second-order valence-corrected chi connectivity index (χ2v) is 14.5. The van der Waals surface area contributed by atoms with Gasteiger partial charge in [-0.15, -0.1) is 11.3 Å². The first-order chi connectivity index (χ1) is 23.3. The number of anilines is 2. The van der Waals surface area contributed by atoms with Crippen LogP contribution in [0, 0.1) is 23.0 Å². The van der Waals surface area contributed by atoms with Crippen LogP contribution in [-0.4, -0.2) is 83.7 Å². The Hall–Kier alpha value is -3.99. The average molecular weight is 694 g/mol. The third kappa shape index (κ3) is 4.91. The summed E-state index contributed by atoms with van der Waals surface area (Å²) in [6, 6.07) is 4.74. The number of aromatic nitrogens is 2. The van der Waals surface area contributed by atoms with Crippen LogP contribution in [0.25, 0.3) is 32.1 Å². The number of nitrogen functional groups attached to an aromatic ring is 1. The van der Waals surface area contributed by atoms with Gasteiger partial charge in [0.15, 0.2) is 11.6 Å². The van der Waals surface area contributed by atoms with E-state index in [-0.39, 0.29) is 72.3 Å². The first-order valence-corrected chi connectivity index (χ1v) is 17.6. The Morgan fingerprint density at radius 3 is 2.71 bits per heavy atom. The lowest BCUT2D eigenvalue weighted by molar-refractivity contribution is -0.118. The molecule has 10 nitrogen and oxygen atoms in total. The van der Waals surface area contributed by atoms with Gasteiger partial charge in [0.2, 0.25) is 6.41 Å². The number of amides is 1. The van der Waals surface area contributed by atoms with Crippen LogP contribution in [0.4, 0.5) is 19.6 Å². The van der Waals surface area contributed by atoms with Crippen LogP contribution in [0.15, 0.2) is 12.1 Å². The highest BCUT2D eigenvalue weighted by atomic mass is 35.5. The fourth-order valence-electron chi connectivity index (χ4n) is 8.27. The molecule has 4 aliphatic heterocycles. The first-order valence-electron chi connectivity index (χ1n) is 16.4. The van der Waals surface area contributed by atoms with Crippen LogP contribution in [0.1, 0.15) is 50.5 Å². The Bertz CT molecular complexity index is 1990. The van der Waals surface area contributed by atoms with Gasteiger partial charge in [0, 0.05) is 30.1 Å². The molecule has 2 N–H and O–H groups in total. The third-order valence-electron chi connectivity index (χ3n) is 10.6. The van der Waals surface area contributed by atoms with Crippen molar-refractivity contribution in [3.05, 3.63) is 34.4 Å². The Balaban J connectivity index is 1.33. The molecule has 0 bridgehead atoms. The van der Waals surface area contributed by atoms with Gasteiger partial charge in [-0.25, -0.2) is 8.78 Å². The molecule has 2 aromatic heterocycles. The van der Waals surface area contributed by atoms with Gasteiger partial charge < -0.3 is 25.0 Å². The van der Waals surface area contributed by atoms with Gasteiger partial charge in [-0.3, -0.25) is 9.69 Å². The van der Waals surface area contributed by atoms with Crippen molar-refractivity contribution in [1.82, 2.24) is 19.8 Å². The van der Waals surface area contributed by atoms with E-state index < -0.39 is 11.6 Å². The minimum Gasteiger partial charge on any atom is -0.489 e. The lowest BCUT2D eigenvalue weighted by Crippen LogP contribution is -2.43. The summed E-state index contributed by atoms with van der Waals surface area (Å²) < 4.78 is 45.1. The van der Waals surface area contributed by atoms with E-state index in [0.29, 0.717) is 43.9 Å². The number of thiophene rings is 1. The van der Waals surface area contributed by atoms with Crippen LogP contribution in [0.2, 0.25) is 5.02 Å². The van der Waals surface area contributed by atoms with Crippen molar-refractivity contribution in [3.8, 4) is 29.0 Å². The van der Waals surface area contributed by atoms with Crippen molar-refractivity contribution in [2.24, 2.45) is 0 Å². The Morgan fingerprint density at radius 1 is 1.12 bits per heavy atom. The summed E-state index contributed by atoms with van der Waals surface area (Å²) in [5, 5.41) is 10.6. The molecule has 250 valence electrons. The number of carbonyl (C=O) groups is 1. The van der Waals surface area contributed by atoms with Crippen molar-refractivity contribution in [2.45, 2.75) is 56.5 Å². The van der Waals surface area contributed by atoms with Crippen molar-refractivity contribution >= 4 is 61.2 Å². The molecule has 0 aliphatic carbocycles. The zero-order valence-electron chi connectivity index (χ0n) is 26.2. The molecular formula is C34H34ClF2N7O3S. The highest BCUT2D eigenvalue weighted by molar-refractivity contribution is 7.23. The minimum absolute atomic E-state index is 0.000551. The van der Waals surface area contributed by atoms with Crippen molar-refractivity contribution in [3.63, 3.8) is 0 Å². The number of hydrogen-bond donors (Lipinski definition) is 1. The Kier molecular flexibility index (Phi) is 7.93. The molecule has 4 aromatic rings. The maximum absolute atomic E-state index is 17.2. The number of nitriles is 1. The number of benzene rings is 2. The van der Waals surface area contributed by atoms with Crippen LogP contribution in [0.5, 0.6) is 11.8 Å². The maximum atomic E-state index is 17.2. The number of carbonyl (C=O) groups excluding carboxylic acids is 1. The quantitative estimate of drug-likeness (QED) is 0.238. The fourth-order valence-corrected chi connectivity index (χ4v) is 9.56. The molecule has 8 rings (SSSR count). The van der Waals surface area contributed by atoms with Gasteiger partial charge in [-0.2, -0.15) is 15.2 Å². The minimum atomic E-state index is -0.756. The van der Waals surface area contributed by atoms with E-state index in [0.717, 1.165) is 69.4 Å². The monoisotopic (exact) mass is 693 g/mol. The summed E-state index contributed by atoms with van der Waals surface area (Å²) in [5.41, 5.74) is 6.21. The van der Waals surface area contributed by atoms with E-state index >= 15 is 8.78 Å². The maximum Gasteiger partial charge on any atom is 0.319 e. The molecule has 0 radical (unpaired) electrons. The van der Waals surface area contributed by atoms with Crippen LogP contribution in [0.3, 0.4) is 0 Å². The van der Waals surface area contributed by atoms with Gasteiger partial charge in [0.05, 0.1) is 32.8 Å². The van der Waals surface area contributed by atoms with E-state index in [2.05, 4.69) is 20.9 Å². The average Bonchev–Trinajstić information content (AvgIpc) is 3.65. The number of fused-ring (bicyclic) bond motifs is 2. The van der Waals surface area contributed by atoms with E-state index in [4.69, 9.17) is 31.8 Å². The van der Waals surface area contributed by atoms with Gasteiger partial charge in [-0.05, 0) is 69.7 Å². The van der Waals surface area contributed by atoms with Crippen LogP contribution < -0.4 is 20.1 Å². The predicted molar refractivity (Wildman–Crippen MR) is 181 cm³/mol. The van der Waals surface area contributed by atoms with E-state index in [1.54, 1.807) is 4.90 Å². The van der Waals surface area contributed by atoms with Gasteiger partial charge in [0.25, 0.3) is 0 Å². The van der Waals surface area contributed by atoms with Crippen molar-refractivity contribution < 1.29 is 23.0 Å². The van der Waals surface area contributed by atoms with E-state index in [1.165, 1.54) is 12.1 Å². The van der Waals surface area contributed by atoms with Gasteiger partial charge >= 0.3 is 6.01 Å². The normalized spacial score (nSPS) is 20.8. The summed E-state index contributed by atoms with van der Waals surface area (Å²) in [4.78, 5) is 27.6. The fraction of sp³-hybridized carbons (Fsp3) is 0.471. The van der Waals surface area contributed by atoms with Gasteiger partial charge in [-0.1, -0.05) is 17.7 Å². The molecule has 3 saturated heterocycles. The van der Waals surface area contributed by atoms with Crippen molar-refractivity contribution in [2.75, 3.05) is 56.6 Å². The SMILES string of the molecule is N#Cc1c(N)sc2c(F)ccc(-c3c(Cl)c4c5c(nc(OCC67CCCN6CCC7)nc5c3F)N(C3CCCN(C=O)CC3)CCO4)c12. The highest BCUT2D eigenvalue weighted by Crippen LogP contribution is 2.51. The lowest BCUT2D eigenvalue weighted by Gasteiger charge is -2.33. The number of nitrogens with zero attached hydrogens (tertiary/aromatic N) is 6. The number of ether oxygens (including phenoxy) is 2. The van der Waals surface area contributed by atoms with Gasteiger partial charge in [0.1, 0.15) is 41.4 Å². The number of halogens is 3. The molecule has 14 heteroatoms. The molecule has 1 amide bonds. The summed E-state index contributed by atoms with van der Waals surface area (Å²) in [7, 11) is 0. The summed E-state index contributed by atoms with van der Waals surface area (Å²) >= 11 is 8.00. The predicted octanol–water partition coefficient (Wildman–Crippen LogP) is 6.11. The standard InChI is InChI=1S/C34H34ClF2N7O3S/c35-26-24(20-5-6-22(36)30-23(20)21(16-38)31(39)48-30)27(37)28-25-29(26)46-15-14-44(19-4-1-10-42(18-45)13-7-19)32(25)41-33(40-28)47-17-34-8-2-11-43(34)12-3-9-34/h5-6,18-19H,1-4,7-15,17,39H2. The summed E-state index contributed by atoms with van der Waals surface area (Å²) in [6.07, 6.45) is 7.43. The molecule has 4 aliphatic rings. The second kappa shape index (κ2) is 12.2. The first kappa shape index (κ1) is 31.3. The number of rotatable bonds is 6. The molecule has 1 atom stereocenters. The summed E-state index contributed by atoms with van der Waals surface area (Å²) in [5.74, 6) is -0.647. The Morgan fingerprint density at radius 2 is 1.94 bits per heavy atom. The molecule has 3 fully saturated rings. The number of nitrogens with two attached hydrogens (primary N) is 1. The lowest BCUT2D eigenvalue weighted by atomic mass is 9.95. The molecule has 0 saturated carbocycles. The van der Waals surface area contributed by atoms with Crippen LogP contribution >= 0.6 is 22.9 Å². The molecule has 1 unspecified atom stereocenters.